The molecule has 17 heavy (non-hydrogen) atoms. The predicted octanol–water partition coefficient (Wildman–Crippen LogP) is -0.102. The van der Waals surface area contributed by atoms with Crippen LogP contribution in [0.5, 0.6) is 0 Å². The van der Waals surface area contributed by atoms with Crippen molar-refractivity contribution in [1.82, 2.24) is 19.9 Å². The molecule has 0 spiro atoms. The van der Waals surface area contributed by atoms with Gasteiger partial charge in [-0.25, -0.2) is 4.98 Å². The van der Waals surface area contributed by atoms with Crippen LogP contribution in [0.1, 0.15) is 25.6 Å². The van der Waals surface area contributed by atoms with E-state index in [4.69, 9.17) is 11.5 Å². The Morgan fingerprint density at radius 2 is 2.12 bits per heavy atom. The smallest absolute Gasteiger partial charge is 0.278 e. The fourth-order valence-electron chi connectivity index (χ4n) is 1.79. The van der Waals surface area contributed by atoms with Crippen LogP contribution >= 0.6 is 0 Å². The first-order chi connectivity index (χ1) is 8.10. The van der Waals surface area contributed by atoms with Crippen molar-refractivity contribution in [2.45, 2.75) is 32.2 Å². The fraction of sp³-hybridized carbons (Fsp3) is 0.500. The number of aromatic nitrogens is 4. The normalized spacial score (nSPS) is 13.1. The molecule has 0 fully saturated rings. The molecule has 2 aromatic heterocycles. The van der Waals surface area contributed by atoms with Crippen molar-refractivity contribution >= 4 is 17.1 Å². The van der Waals surface area contributed by atoms with Crippen LogP contribution in [0.2, 0.25) is 0 Å². The van der Waals surface area contributed by atoms with Crippen LogP contribution in [0.15, 0.2) is 4.79 Å². The maximum atomic E-state index is 11.5. The molecule has 1 atom stereocenters. The Morgan fingerprint density at radius 3 is 2.82 bits per heavy atom. The highest BCUT2D eigenvalue weighted by Gasteiger charge is 2.11. The molecule has 0 saturated heterocycles. The van der Waals surface area contributed by atoms with Crippen molar-refractivity contribution in [2.24, 2.45) is 5.73 Å². The number of nitrogens with zero attached hydrogens (tertiary/aromatic N) is 2. The van der Waals surface area contributed by atoms with Crippen LogP contribution in [0.4, 0.5) is 5.95 Å². The molecule has 2 heterocycles. The molecule has 6 N–H and O–H groups in total. The molecule has 2 aromatic rings. The minimum Gasteiger partial charge on any atom is -0.369 e. The van der Waals surface area contributed by atoms with Gasteiger partial charge >= 0.3 is 0 Å². The highest BCUT2D eigenvalue weighted by atomic mass is 16.1. The Morgan fingerprint density at radius 1 is 1.35 bits per heavy atom. The topological polar surface area (TPSA) is 126 Å². The monoisotopic (exact) mass is 236 g/mol. The molecular weight excluding hydrogens is 220 g/mol. The maximum absolute atomic E-state index is 11.5. The van der Waals surface area contributed by atoms with Gasteiger partial charge in [0.05, 0.1) is 0 Å². The summed E-state index contributed by atoms with van der Waals surface area (Å²) in [5.74, 6) is 0.739. The molecule has 0 aliphatic rings. The molecule has 0 saturated carbocycles. The number of nitrogens with one attached hydrogen (secondary N) is 2. The number of hydrogen-bond donors (Lipinski definition) is 4. The van der Waals surface area contributed by atoms with Crippen LogP contribution < -0.4 is 17.0 Å². The van der Waals surface area contributed by atoms with Gasteiger partial charge in [0, 0.05) is 12.5 Å². The van der Waals surface area contributed by atoms with Gasteiger partial charge in [0.15, 0.2) is 11.2 Å². The standard InChI is InChI=1S/C10H16N6O/c1-2-3-5(11)4-6-13-7-8(14-6)15-10(12)16-9(7)17/h5H,2-4,11H2,1H3,(H4,12,13,14,15,16,17). The van der Waals surface area contributed by atoms with E-state index in [2.05, 4.69) is 26.9 Å². The van der Waals surface area contributed by atoms with E-state index in [1.54, 1.807) is 0 Å². The van der Waals surface area contributed by atoms with Crippen LogP contribution in [-0.4, -0.2) is 26.0 Å². The van der Waals surface area contributed by atoms with Crippen molar-refractivity contribution < 1.29 is 0 Å². The summed E-state index contributed by atoms with van der Waals surface area (Å²) < 4.78 is 0. The van der Waals surface area contributed by atoms with Crippen molar-refractivity contribution in [3.8, 4) is 0 Å². The third kappa shape index (κ3) is 2.44. The van der Waals surface area contributed by atoms with Crippen molar-refractivity contribution in [2.75, 3.05) is 5.73 Å². The van der Waals surface area contributed by atoms with E-state index in [-0.39, 0.29) is 17.5 Å². The average Bonchev–Trinajstić information content (AvgIpc) is 2.60. The zero-order chi connectivity index (χ0) is 12.4. The number of nitrogens with two attached hydrogens (primary N) is 2. The minimum atomic E-state index is -0.310. The second kappa shape index (κ2) is 4.54. The molecule has 0 aromatic carbocycles. The van der Waals surface area contributed by atoms with Crippen LogP contribution in [0, 0.1) is 0 Å². The second-order valence-electron chi connectivity index (χ2n) is 4.09. The van der Waals surface area contributed by atoms with E-state index in [0.29, 0.717) is 23.4 Å². The summed E-state index contributed by atoms with van der Waals surface area (Å²) in [5, 5.41) is 0. The molecule has 0 aliphatic heterocycles. The van der Waals surface area contributed by atoms with E-state index < -0.39 is 0 Å². The molecular formula is C10H16N6O. The Bertz CT molecular complexity index is 572. The third-order valence-electron chi connectivity index (χ3n) is 2.54. The Balaban J connectivity index is 2.32. The highest BCUT2D eigenvalue weighted by molar-refractivity contribution is 5.70. The minimum absolute atomic E-state index is 0.0389. The summed E-state index contributed by atoms with van der Waals surface area (Å²) in [6, 6.07) is 0.0389. The lowest BCUT2D eigenvalue weighted by atomic mass is 10.1. The summed E-state index contributed by atoms with van der Waals surface area (Å²) in [6.45, 7) is 2.07. The Kier molecular flexibility index (Phi) is 3.10. The van der Waals surface area contributed by atoms with Gasteiger partial charge in [-0.15, -0.1) is 0 Å². The van der Waals surface area contributed by atoms with E-state index in [9.17, 15) is 4.79 Å². The first-order valence-electron chi connectivity index (χ1n) is 5.60. The molecule has 0 aliphatic carbocycles. The van der Waals surface area contributed by atoms with E-state index in [1.165, 1.54) is 0 Å². The SMILES string of the molecule is CCCC(N)Cc1nc2nc(N)[nH]c(=O)c2[nH]1. The number of hydrogen-bond acceptors (Lipinski definition) is 5. The molecule has 0 bridgehead atoms. The molecule has 0 amide bonds. The first kappa shape index (κ1) is 11.6. The number of rotatable bonds is 4. The van der Waals surface area contributed by atoms with Gasteiger partial charge in [0.2, 0.25) is 5.95 Å². The van der Waals surface area contributed by atoms with Gasteiger partial charge in [-0.3, -0.25) is 9.78 Å². The summed E-state index contributed by atoms with van der Waals surface area (Å²) in [5.41, 5.74) is 11.7. The Hall–Kier alpha value is -1.89. The van der Waals surface area contributed by atoms with Gasteiger partial charge in [0.1, 0.15) is 5.82 Å². The maximum Gasteiger partial charge on any atom is 0.278 e. The highest BCUT2D eigenvalue weighted by Crippen LogP contribution is 2.07. The zero-order valence-electron chi connectivity index (χ0n) is 9.66. The zero-order valence-corrected chi connectivity index (χ0v) is 9.66. The van der Waals surface area contributed by atoms with Gasteiger partial charge in [-0.2, -0.15) is 4.98 Å². The average molecular weight is 236 g/mol. The molecule has 1 unspecified atom stereocenters. The number of imidazole rings is 1. The number of anilines is 1. The molecule has 0 radical (unpaired) electrons. The summed E-state index contributed by atoms with van der Waals surface area (Å²) in [6.07, 6.45) is 2.54. The van der Waals surface area contributed by atoms with Crippen LogP contribution in [0.3, 0.4) is 0 Å². The third-order valence-corrected chi connectivity index (χ3v) is 2.54. The van der Waals surface area contributed by atoms with Gasteiger partial charge in [0.25, 0.3) is 5.56 Å². The number of H-pyrrole nitrogens is 2. The predicted molar refractivity (Wildman–Crippen MR) is 65.5 cm³/mol. The van der Waals surface area contributed by atoms with Gasteiger partial charge in [-0.1, -0.05) is 13.3 Å². The lowest BCUT2D eigenvalue weighted by molar-refractivity contribution is 0.588. The molecule has 2 rings (SSSR count). The lowest BCUT2D eigenvalue weighted by Gasteiger charge is -2.06. The number of aromatic amines is 2. The van der Waals surface area contributed by atoms with E-state index >= 15 is 0 Å². The van der Waals surface area contributed by atoms with Crippen molar-refractivity contribution in [3.63, 3.8) is 0 Å². The van der Waals surface area contributed by atoms with Crippen molar-refractivity contribution in [1.29, 1.82) is 0 Å². The van der Waals surface area contributed by atoms with Crippen molar-refractivity contribution in [3.05, 3.63) is 16.2 Å². The summed E-state index contributed by atoms with van der Waals surface area (Å²) >= 11 is 0. The van der Waals surface area contributed by atoms with Gasteiger partial charge in [-0.05, 0) is 6.42 Å². The Labute approximate surface area is 97.6 Å². The lowest BCUT2D eigenvalue weighted by Crippen LogP contribution is -2.22. The van der Waals surface area contributed by atoms with Crippen LogP contribution in [-0.2, 0) is 6.42 Å². The fourth-order valence-corrected chi connectivity index (χ4v) is 1.79. The van der Waals surface area contributed by atoms with Gasteiger partial charge < -0.3 is 16.5 Å². The van der Waals surface area contributed by atoms with E-state index in [1.807, 2.05) is 0 Å². The first-order valence-corrected chi connectivity index (χ1v) is 5.60. The molecule has 7 nitrogen and oxygen atoms in total. The number of fused-ring (bicyclic) bond motifs is 1. The summed E-state index contributed by atoms with van der Waals surface area (Å²) in [4.78, 5) is 25.0. The van der Waals surface area contributed by atoms with Crippen LogP contribution in [0.25, 0.3) is 11.2 Å². The second-order valence-corrected chi connectivity index (χ2v) is 4.09. The van der Waals surface area contributed by atoms with E-state index in [0.717, 1.165) is 12.8 Å². The quantitative estimate of drug-likeness (QED) is 0.589. The molecule has 92 valence electrons. The number of nitrogen functional groups attached to an aromatic ring is 1. The summed E-state index contributed by atoms with van der Waals surface area (Å²) in [7, 11) is 0. The molecule has 7 heteroatoms. The largest absolute Gasteiger partial charge is 0.369 e.